The molecule has 2 N–H and O–H groups in total. The number of ether oxygens (including phenoxy) is 2. The van der Waals surface area contributed by atoms with E-state index in [1.165, 1.54) is 17.3 Å². The molecule has 0 unspecified atom stereocenters. The smallest absolute Gasteiger partial charge is 0.180 e. The second-order valence-corrected chi connectivity index (χ2v) is 7.25. The minimum Gasteiger partial charge on any atom is -0.493 e. The fourth-order valence-corrected chi connectivity index (χ4v) is 3.40. The average Bonchev–Trinajstić information content (AvgIpc) is 2.66. The first-order chi connectivity index (χ1) is 12.6. The molecule has 0 spiro atoms. The van der Waals surface area contributed by atoms with Crippen LogP contribution in [-0.2, 0) is 5.75 Å². The van der Waals surface area contributed by atoms with Crippen molar-refractivity contribution in [1.29, 1.82) is 0 Å². The van der Waals surface area contributed by atoms with Crippen LogP contribution in [0.1, 0.15) is 11.1 Å². The number of hydrogen-bond donors (Lipinski definition) is 1. The van der Waals surface area contributed by atoms with E-state index >= 15 is 0 Å². The van der Waals surface area contributed by atoms with Crippen LogP contribution in [0.15, 0.2) is 65.3 Å². The lowest BCUT2D eigenvalue weighted by molar-refractivity contribution is 0.324. The van der Waals surface area contributed by atoms with Gasteiger partial charge in [0, 0.05) is 5.75 Å². The van der Waals surface area contributed by atoms with Gasteiger partial charge in [-0.15, -0.1) is 5.10 Å². The van der Waals surface area contributed by atoms with Crippen molar-refractivity contribution in [2.45, 2.75) is 5.75 Å². The van der Waals surface area contributed by atoms with Crippen LogP contribution in [0, 0.1) is 3.57 Å². The van der Waals surface area contributed by atoms with Crippen LogP contribution >= 0.6 is 34.4 Å². The van der Waals surface area contributed by atoms with Gasteiger partial charge in [0.15, 0.2) is 16.7 Å². The lowest BCUT2D eigenvalue weighted by Gasteiger charge is -2.12. The Hall–Kier alpha value is -2.00. The summed E-state index contributed by atoms with van der Waals surface area (Å²) in [5.74, 6) is 2.08. The van der Waals surface area contributed by atoms with Crippen molar-refractivity contribution < 1.29 is 9.47 Å². The van der Waals surface area contributed by atoms with Gasteiger partial charge in [-0.05, 0) is 45.9 Å². The Labute approximate surface area is 171 Å². The van der Waals surface area contributed by atoms with Crippen molar-refractivity contribution in [2.75, 3.05) is 13.7 Å². The highest BCUT2D eigenvalue weighted by Gasteiger charge is 2.10. The van der Waals surface area contributed by atoms with E-state index in [0.29, 0.717) is 23.3 Å². The largest absolute Gasteiger partial charge is 0.493 e. The van der Waals surface area contributed by atoms with Gasteiger partial charge in [0.2, 0.25) is 0 Å². The Morgan fingerprint density at radius 3 is 2.77 bits per heavy atom. The van der Waals surface area contributed by atoms with E-state index in [9.17, 15) is 0 Å². The van der Waals surface area contributed by atoms with Crippen LogP contribution in [0.2, 0.25) is 0 Å². The average molecular weight is 481 g/mol. The molecule has 0 radical (unpaired) electrons. The molecular weight excluding hydrogens is 461 g/mol. The molecule has 7 heteroatoms. The molecule has 0 amide bonds. The third kappa shape index (κ3) is 6.38. The highest BCUT2D eigenvalue weighted by atomic mass is 127. The van der Waals surface area contributed by atoms with Crippen LogP contribution in [-0.4, -0.2) is 25.1 Å². The standard InChI is InChI=1S/C19H20IN3O2S/c1-3-9-25-18-16(20)10-15(11-17(18)24-2)12-22-23-19(21)26-13-14-7-5-4-6-8-14/h3-8,10-12H,1,9,13H2,2H3,(H2,21,23). The van der Waals surface area contributed by atoms with Gasteiger partial charge in [-0.2, -0.15) is 5.10 Å². The minimum absolute atomic E-state index is 0.415. The molecule has 0 aromatic heterocycles. The Bertz CT molecular complexity index is 795. The van der Waals surface area contributed by atoms with Crippen LogP contribution in [0.3, 0.4) is 0 Å². The van der Waals surface area contributed by atoms with Crippen molar-refractivity contribution in [3.8, 4) is 11.5 Å². The van der Waals surface area contributed by atoms with E-state index < -0.39 is 0 Å². The van der Waals surface area contributed by atoms with Gasteiger partial charge in [-0.1, -0.05) is 54.7 Å². The molecule has 2 aromatic carbocycles. The van der Waals surface area contributed by atoms with Crippen molar-refractivity contribution in [1.82, 2.24) is 0 Å². The second kappa shape index (κ2) is 10.9. The molecule has 26 heavy (non-hydrogen) atoms. The third-order valence-electron chi connectivity index (χ3n) is 3.19. The van der Waals surface area contributed by atoms with Gasteiger partial charge in [0.05, 0.1) is 16.9 Å². The summed E-state index contributed by atoms with van der Waals surface area (Å²) in [6, 6.07) is 13.9. The number of nitrogens with zero attached hydrogens (tertiary/aromatic N) is 2. The summed E-state index contributed by atoms with van der Waals surface area (Å²) in [6.07, 6.45) is 3.33. The molecule has 136 valence electrons. The number of benzene rings is 2. The monoisotopic (exact) mass is 481 g/mol. The third-order valence-corrected chi connectivity index (χ3v) is 4.85. The topological polar surface area (TPSA) is 69.2 Å². The van der Waals surface area contributed by atoms with Gasteiger partial charge in [-0.3, -0.25) is 0 Å². The molecule has 5 nitrogen and oxygen atoms in total. The number of amidine groups is 1. The van der Waals surface area contributed by atoms with E-state index in [1.807, 2.05) is 42.5 Å². The molecule has 0 saturated carbocycles. The SMILES string of the molecule is C=CCOc1c(I)cc(C=NN=C(N)SCc2ccccc2)cc1OC. The normalized spacial score (nSPS) is 11.5. The summed E-state index contributed by atoms with van der Waals surface area (Å²) in [7, 11) is 1.60. The molecule has 2 aromatic rings. The number of nitrogens with two attached hydrogens (primary N) is 1. The minimum atomic E-state index is 0.415. The summed E-state index contributed by atoms with van der Waals surface area (Å²) in [4.78, 5) is 0. The Balaban J connectivity index is 2.02. The first-order valence-corrected chi connectivity index (χ1v) is 9.85. The highest BCUT2D eigenvalue weighted by molar-refractivity contribution is 14.1. The summed E-state index contributed by atoms with van der Waals surface area (Å²) in [5, 5.41) is 8.51. The Kier molecular flexibility index (Phi) is 8.49. The van der Waals surface area contributed by atoms with Crippen molar-refractivity contribution in [2.24, 2.45) is 15.9 Å². The Morgan fingerprint density at radius 1 is 1.31 bits per heavy atom. The van der Waals surface area contributed by atoms with Crippen LogP contribution in [0.25, 0.3) is 0 Å². The number of halogens is 1. The van der Waals surface area contributed by atoms with E-state index in [1.54, 1.807) is 19.4 Å². The van der Waals surface area contributed by atoms with E-state index in [-0.39, 0.29) is 0 Å². The van der Waals surface area contributed by atoms with Gasteiger partial charge in [-0.25, -0.2) is 0 Å². The van der Waals surface area contributed by atoms with E-state index in [4.69, 9.17) is 15.2 Å². The van der Waals surface area contributed by atoms with Gasteiger partial charge < -0.3 is 15.2 Å². The number of thioether (sulfide) groups is 1. The van der Waals surface area contributed by atoms with E-state index in [0.717, 1.165) is 14.9 Å². The zero-order valence-electron chi connectivity index (χ0n) is 14.4. The maximum atomic E-state index is 5.89. The highest BCUT2D eigenvalue weighted by Crippen LogP contribution is 2.33. The summed E-state index contributed by atoms with van der Waals surface area (Å²) >= 11 is 3.64. The van der Waals surface area contributed by atoms with E-state index in [2.05, 4.69) is 39.4 Å². The van der Waals surface area contributed by atoms with Gasteiger partial charge in [0.1, 0.15) is 6.61 Å². The fraction of sp³-hybridized carbons (Fsp3) is 0.158. The molecule has 0 aliphatic heterocycles. The second-order valence-electron chi connectivity index (χ2n) is 5.09. The lowest BCUT2D eigenvalue weighted by atomic mass is 10.2. The molecule has 0 aliphatic carbocycles. The molecule has 0 saturated heterocycles. The van der Waals surface area contributed by atoms with Crippen molar-refractivity contribution in [3.05, 3.63) is 69.8 Å². The zero-order valence-corrected chi connectivity index (χ0v) is 17.4. The number of hydrogen-bond acceptors (Lipinski definition) is 5. The molecular formula is C19H20IN3O2S. The molecule has 0 heterocycles. The maximum absolute atomic E-state index is 5.89. The zero-order chi connectivity index (χ0) is 18.8. The first kappa shape index (κ1) is 20.3. The van der Waals surface area contributed by atoms with Crippen LogP contribution in [0.4, 0.5) is 0 Å². The van der Waals surface area contributed by atoms with Crippen LogP contribution in [0.5, 0.6) is 11.5 Å². The molecule has 2 rings (SSSR count). The summed E-state index contributed by atoms with van der Waals surface area (Å²) in [5.41, 5.74) is 7.93. The summed E-state index contributed by atoms with van der Waals surface area (Å²) < 4.78 is 11.9. The van der Waals surface area contributed by atoms with Gasteiger partial charge in [0.25, 0.3) is 0 Å². The number of rotatable bonds is 8. The van der Waals surface area contributed by atoms with Crippen LogP contribution < -0.4 is 15.2 Å². The predicted octanol–water partition coefficient (Wildman–Crippen LogP) is 4.45. The first-order valence-electron chi connectivity index (χ1n) is 7.78. The lowest BCUT2D eigenvalue weighted by Crippen LogP contribution is -2.06. The fourth-order valence-electron chi connectivity index (χ4n) is 2.01. The predicted molar refractivity (Wildman–Crippen MR) is 118 cm³/mol. The van der Waals surface area contributed by atoms with Crippen molar-refractivity contribution in [3.63, 3.8) is 0 Å². The molecule has 0 aliphatic rings. The van der Waals surface area contributed by atoms with Gasteiger partial charge >= 0.3 is 0 Å². The van der Waals surface area contributed by atoms with Crippen molar-refractivity contribution >= 4 is 45.7 Å². The summed E-state index contributed by atoms with van der Waals surface area (Å²) in [6.45, 7) is 4.07. The quantitative estimate of drug-likeness (QED) is 0.199. The maximum Gasteiger partial charge on any atom is 0.180 e. The molecule has 0 atom stereocenters. The molecule has 0 bridgehead atoms. The number of methoxy groups -OCH3 is 1. The Morgan fingerprint density at radius 2 is 2.08 bits per heavy atom. The molecule has 0 fully saturated rings.